The van der Waals surface area contributed by atoms with Gasteiger partial charge in [-0.05, 0) is 55.1 Å². The average Bonchev–Trinajstić information content (AvgIpc) is 3.63. The van der Waals surface area contributed by atoms with Gasteiger partial charge in [0.1, 0.15) is 5.65 Å². The van der Waals surface area contributed by atoms with Gasteiger partial charge in [0.25, 0.3) is 0 Å². The minimum atomic E-state index is 0.265. The van der Waals surface area contributed by atoms with E-state index in [4.69, 9.17) is 5.73 Å². The number of benzene rings is 1. The van der Waals surface area contributed by atoms with Crippen LogP contribution in [0.4, 0.5) is 11.6 Å². The van der Waals surface area contributed by atoms with E-state index in [1.165, 1.54) is 58.0 Å². The predicted molar refractivity (Wildman–Crippen MR) is 165 cm³/mol. The second kappa shape index (κ2) is 18.9. The highest BCUT2D eigenvalue weighted by Gasteiger charge is 2.09. The van der Waals surface area contributed by atoms with Crippen molar-refractivity contribution in [1.29, 1.82) is 0 Å². The molecule has 3 N–H and O–H groups in total. The molecule has 1 saturated heterocycles. The number of nitrogens with zero attached hydrogens (tertiary/aromatic N) is 5. The van der Waals surface area contributed by atoms with E-state index in [1.807, 2.05) is 59.1 Å². The van der Waals surface area contributed by atoms with E-state index in [2.05, 4.69) is 49.6 Å². The lowest BCUT2D eigenvalue weighted by Gasteiger charge is -2.15. The topological polar surface area (TPSA) is 95.5 Å². The van der Waals surface area contributed by atoms with Crippen molar-refractivity contribution in [3.8, 4) is 11.1 Å². The van der Waals surface area contributed by atoms with E-state index in [-0.39, 0.29) is 5.95 Å². The Kier molecular flexibility index (Phi) is 16.4. The quantitative estimate of drug-likeness (QED) is 0.336. The second-order valence-corrected chi connectivity index (χ2v) is 9.16. The van der Waals surface area contributed by atoms with Gasteiger partial charge in [0.05, 0.1) is 5.69 Å². The molecule has 2 aromatic heterocycles. The fourth-order valence-electron chi connectivity index (χ4n) is 4.43. The maximum Gasteiger partial charge on any atom is 0.221 e. The third-order valence-electron chi connectivity index (χ3n) is 6.46. The average molecular weight is 522 g/mol. The number of likely N-dealkylation sites (tertiary alicyclic amines) is 1. The van der Waals surface area contributed by atoms with Crippen LogP contribution in [0.1, 0.15) is 85.1 Å². The third-order valence-corrected chi connectivity index (χ3v) is 6.46. The lowest BCUT2D eigenvalue weighted by molar-refractivity contribution is 0.385. The summed E-state index contributed by atoms with van der Waals surface area (Å²) in [5.74, 6) is 1.30. The number of aromatic nitrogens is 3. The van der Waals surface area contributed by atoms with Crippen molar-refractivity contribution in [2.45, 2.75) is 86.5 Å². The molecule has 38 heavy (non-hydrogen) atoms. The number of H-pyrrole nitrogens is 1. The number of nitrogen functional groups attached to an aromatic ring is 1. The molecule has 0 unspecified atom stereocenters. The number of aromatic amines is 1. The van der Waals surface area contributed by atoms with Gasteiger partial charge in [0.2, 0.25) is 5.95 Å². The molecule has 210 valence electrons. The molecule has 3 aromatic rings. The largest absolute Gasteiger partial charge is 0.378 e. The van der Waals surface area contributed by atoms with Crippen LogP contribution in [-0.2, 0) is 0 Å². The number of hydrogen-bond donors (Lipinski definition) is 2. The standard InChI is InChI=1S/C14H14N6.C7H14.C6H11N.2C2H6/c1-8-5-9(3-4-12(8)20-16-2)10-6-17-13-11(10)7-18-14(15)19-13;1-7-5-3-2-4-6-7;1-2-7-5-3-4-6-7;2*1-2/h3-7H,1-2H3,(H3,15,17,18,19);7H,2-6H2,1H3;2H,1,3-6H2;2*1-2H3. The number of anilines is 1. The molecule has 1 saturated carbocycles. The lowest BCUT2D eigenvalue weighted by atomic mass is 9.91. The van der Waals surface area contributed by atoms with Gasteiger partial charge in [-0.15, -0.1) is 0 Å². The maximum absolute atomic E-state index is 5.58. The molecule has 2 fully saturated rings. The minimum Gasteiger partial charge on any atom is -0.378 e. The van der Waals surface area contributed by atoms with Crippen molar-refractivity contribution in [1.82, 2.24) is 19.9 Å². The van der Waals surface area contributed by atoms with Crippen LogP contribution in [0.3, 0.4) is 0 Å². The Morgan fingerprint density at radius 1 is 1.05 bits per heavy atom. The molecule has 0 atom stereocenters. The molecule has 3 heterocycles. The van der Waals surface area contributed by atoms with Gasteiger partial charge < -0.3 is 15.6 Å². The van der Waals surface area contributed by atoms with Crippen LogP contribution in [0.15, 0.2) is 53.6 Å². The van der Waals surface area contributed by atoms with E-state index >= 15 is 0 Å². The van der Waals surface area contributed by atoms with Gasteiger partial charge in [0, 0.05) is 43.5 Å². The lowest BCUT2D eigenvalue weighted by Crippen LogP contribution is -2.08. The summed E-state index contributed by atoms with van der Waals surface area (Å²) in [4.78, 5) is 13.6. The smallest absolute Gasteiger partial charge is 0.221 e. The summed E-state index contributed by atoms with van der Waals surface area (Å²) in [7, 11) is 1.66. The number of azo groups is 1. The Bertz CT molecular complexity index is 1080. The molecule has 0 bridgehead atoms. The van der Waals surface area contributed by atoms with Crippen LogP contribution in [0.25, 0.3) is 22.2 Å². The van der Waals surface area contributed by atoms with Crippen molar-refractivity contribution in [2.24, 2.45) is 16.1 Å². The zero-order valence-corrected chi connectivity index (χ0v) is 24.9. The molecule has 0 radical (unpaired) electrons. The van der Waals surface area contributed by atoms with Gasteiger partial charge in [-0.3, -0.25) is 0 Å². The third kappa shape index (κ3) is 10.6. The highest BCUT2D eigenvalue weighted by Crippen LogP contribution is 2.31. The highest BCUT2D eigenvalue weighted by molar-refractivity contribution is 5.93. The van der Waals surface area contributed by atoms with E-state index in [0.29, 0.717) is 0 Å². The monoisotopic (exact) mass is 521 g/mol. The summed E-state index contributed by atoms with van der Waals surface area (Å²) in [5, 5.41) is 8.83. The van der Waals surface area contributed by atoms with Gasteiger partial charge in [-0.2, -0.15) is 15.2 Å². The molecule has 1 aromatic carbocycles. The fourth-order valence-corrected chi connectivity index (χ4v) is 4.43. The van der Waals surface area contributed by atoms with Gasteiger partial charge in [0.15, 0.2) is 0 Å². The second-order valence-electron chi connectivity index (χ2n) is 9.16. The van der Waals surface area contributed by atoms with Crippen LogP contribution in [-0.4, -0.2) is 40.0 Å². The predicted octanol–water partition coefficient (Wildman–Crippen LogP) is 9.09. The Hall–Kier alpha value is -3.22. The molecule has 0 amide bonds. The normalized spacial score (nSPS) is 14.8. The van der Waals surface area contributed by atoms with Crippen LogP contribution in [0.5, 0.6) is 0 Å². The van der Waals surface area contributed by atoms with E-state index in [0.717, 1.165) is 39.3 Å². The van der Waals surface area contributed by atoms with Crippen molar-refractivity contribution in [2.75, 3.05) is 25.9 Å². The van der Waals surface area contributed by atoms with E-state index in [1.54, 1.807) is 13.2 Å². The number of nitrogens with two attached hydrogens (primary N) is 1. The molecule has 7 nitrogen and oxygen atoms in total. The summed E-state index contributed by atoms with van der Waals surface area (Å²) >= 11 is 0. The first-order valence-corrected chi connectivity index (χ1v) is 14.4. The highest BCUT2D eigenvalue weighted by atomic mass is 15.1. The molecule has 7 heteroatoms. The SMILES string of the molecule is C=CN1CCCC1.CC.CC.CC1CCCCC1.CN=Nc1ccc(-c2c[nH]c3nc(N)ncc23)cc1C. The summed E-state index contributed by atoms with van der Waals surface area (Å²) in [6, 6.07) is 6.04. The van der Waals surface area contributed by atoms with Crippen LogP contribution in [0.2, 0.25) is 0 Å². The van der Waals surface area contributed by atoms with Gasteiger partial charge >= 0.3 is 0 Å². The van der Waals surface area contributed by atoms with E-state index in [9.17, 15) is 0 Å². The van der Waals surface area contributed by atoms with Crippen LogP contribution < -0.4 is 5.73 Å². The molecular weight excluding hydrogens is 470 g/mol. The Balaban J connectivity index is 0.000000329. The number of aryl methyl sites for hydroxylation is 1. The summed E-state index contributed by atoms with van der Waals surface area (Å²) < 4.78 is 0. The molecule has 0 spiro atoms. The Labute approximate surface area is 231 Å². The number of hydrogen-bond acceptors (Lipinski definition) is 6. The zero-order chi connectivity index (χ0) is 28.3. The number of nitrogens with one attached hydrogen (secondary N) is 1. The molecule has 2 aliphatic rings. The van der Waals surface area contributed by atoms with E-state index < -0.39 is 0 Å². The maximum atomic E-state index is 5.58. The molecular formula is C31H51N7. The van der Waals surface area contributed by atoms with Crippen molar-refractivity contribution in [3.63, 3.8) is 0 Å². The van der Waals surface area contributed by atoms with Crippen molar-refractivity contribution in [3.05, 3.63) is 48.9 Å². The molecule has 1 aliphatic carbocycles. The van der Waals surface area contributed by atoms with Crippen LogP contribution >= 0.6 is 0 Å². The molecule has 5 rings (SSSR count). The number of rotatable bonds is 3. The first-order valence-electron chi connectivity index (χ1n) is 14.4. The summed E-state index contributed by atoms with van der Waals surface area (Å²) in [6.45, 7) is 18.5. The van der Waals surface area contributed by atoms with Crippen molar-refractivity contribution >= 4 is 22.7 Å². The van der Waals surface area contributed by atoms with Crippen molar-refractivity contribution < 1.29 is 0 Å². The Morgan fingerprint density at radius 2 is 1.71 bits per heavy atom. The number of fused-ring (bicyclic) bond motifs is 1. The Morgan fingerprint density at radius 3 is 2.21 bits per heavy atom. The first kappa shape index (κ1) is 32.8. The first-order chi connectivity index (χ1) is 18.5. The van der Waals surface area contributed by atoms with Gasteiger partial charge in [-0.1, -0.05) is 79.4 Å². The zero-order valence-electron chi connectivity index (χ0n) is 24.9. The van der Waals surface area contributed by atoms with Gasteiger partial charge in [-0.25, -0.2) is 4.98 Å². The summed E-state index contributed by atoms with van der Waals surface area (Å²) in [5.41, 5.74) is 10.4. The fraction of sp³-hybridized carbons (Fsp3) is 0.548. The van der Waals surface area contributed by atoms with Crippen LogP contribution in [0, 0.1) is 12.8 Å². The molecule has 1 aliphatic heterocycles. The summed E-state index contributed by atoms with van der Waals surface area (Å²) in [6.07, 6.45) is 15.7. The minimum absolute atomic E-state index is 0.265.